The molecule has 0 unspecified atom stereocenters. The van der Waals surface area contributed by atoms with Gasteiger partial charge in [-0.3, -0.25) is 4.18 Å². The first-order chi connectivity index (χ1) is 5.62. The van der Waals surface area contributed by atoms with Crippen LogP contribution >= 0.6 is 0 Å². The van der Waals surface area contributed by atoms with Crippen LogP contribution in [0.3, 0.4) is 0 Å². The minimum absolute atomic E-state index is 0. The Balaban J connectivity index is 0. The van der Waals surface area contributed by atoms with E-state index >= 15 is 0 Å². The summed E-state index contributed by atoms with van der Waals surface area (Å²) in [7, 11) is -3.29. The minimum Gasteiger partial charge on any atom is -0.266 e. The summed E-state index contributed by atoms with van der Waals surface area (Å²) >= 11 is 0. The quantitative estimate of drug-likeness (QED) is 0.302. The van der Waals surface area contributed by atoms with Crippen molar-refractivity contribution in [2.45, 2.75) is 26.2 Å². The smallest absolute Gasteiger partial charge is 0.266 e. The molecule has 0 fully saturated rings. The summed E-state index contributed by atoms with van der Waals surface area (Å²) < 4.78 is 26.6. The van der Waals surface area contributed by atoms with Crippen molar-refractivity contribution in [3.63, 3.8) is 0 Å². The second kappa shape index (κ2) is 8.85. The van der Waals surface area contributed by atoms with Crippen LogP contribution in [-0.2, 0) is 33.8 Å². The van der Waals surface area contributed by atoms with Crippen molar-refractivity contribution in [2.24, 2.45) is 0 Å². The van der Waals surface area contributed by atoms with Crippen LogP contribution in [0.2, 0.25) is 0 Å². The summed E-state index contributed by atoms with van der Waals surface area (Å²) in [6.45, 7) is 5.47. The van der Waals surface area contributed by atoms with E-state index in [0.717, 1.165) is 12.8 Å². The fraction of sp³-hybridized carbons (Fsp3) is 0.750. The first kappa shape index (κ1) is 15.7. The van der Waals surface area contributed by atoms with Gasteiger partial charge in [-0.25, -0.2) is 0 Å². The molecular formula is C8H16O3SZn. The third kappa shape index (κ3) is 10.2. The molecule has 13 heavy (non-hydrogen) atoms. The maximum atomic E-state index is 11.0. The molecule has 0 aliphatic heterocycles. The van der Waals surface area contributed by atoms with E-state index in [2.05, 4.69) is 10.8 Å². The Morgan fingerprint density at radius 1 is 1.38 bits per heavy atom. The van der Waals surface area contributed by atoms with Crippen molar-refractivity contribution in [3.05, 3.63) is 12.7 Å². The van der Waals surface area contributed by atoms with Crippen molar-refractivity contribution >= 4 is 10.1 Å². The Morgan fingerprint density at radius 3 is 2.46 bits per heavy atom. The predicted octanol–water partition coefficient (Wildman–Crippen LogP) is 1.71. The summed E-state index contributed by atoms with van der Waals surface area (Å²) in [5.74, 6) is 0.120. The molecule has 0 heterocycles. The Morgan fingerprint density at radius 2 is 2.00 bits per heavy atom. The van der Waals surface area contributed by atoms with E-state index in [4.69, 9.17) is 0 Å². The maximum absolute atomic E-state index is 11.0. The molecule has 0 N–H and O–H groups in total. The van der Waals surface area contributed by atoms with Crippen LogP contribution in [0.4, 0.5) is 0 Å². The van der Waals surface area contributed by atoms with E-state index in [9.17, 15) is 8.42 Å². The molecule has 0 aliphatic rings. The van der Waals surface area contributed by atoms with Crippen molar-refractivity contribution in [1.29, 1.82) is 0 Å². The first-order valence-corrected chi connectivity index (χ1v) is 5.68. The normalized spacial score (nSPS) is 10.5. The number of hydrogen-bond acceptors (Lipinski definition) is 3. The molecule has 0 aliphatic carbocycles. The molecule has 0 aromatic heterocycles. The van der Waals surface area contributed by atoms with E-state index in [1.165, 1.54) is 6.08 Å². The Labute approximate surface area is 93.4 Å². The summed E-state index contributed by atoms with van der Waals surface area (Å²) in [5, 5.41) is 0. The van der Waals surface area contributed by atoms with E-state index in [0.29, 0.717) is 6.42 Å². The largest absolute Gasteiger partial charge is 0.267 e. The van der Waals surface area contributed by atoms with Gasteiger partial charge in [-0.2, -0.15) is 8.42 Å². The van der Waals surface area contributed by atoms with E-state index < -0.39 is 10.1 Å². The number of rotatable bonds is 7. The molecule has 0 aromatic rings. The van der Waals surface area contributed by atoms with Crippen LogP contribution in [0.15, 0.2) is 12.7 Å². The van der Waals surface area contributed by atoms with E-state index in [-0.39, 0.29) is 31.8 Å². The summed E-state index contributed by atoms with van der Waals surface area (Å²) in [6, 6.07) is 0. The van der Waals surface area contributed by atoms with Crippen molar-refractivity contribution in [1.82, 2.24) is 0 Å². The average Bonchev–Trinajstić information content (AvgIpc) is 2.01. The Bertz CT molecular complexity index is 211. The second-order valence-corrected chi connectivity index (χ2v) is 4.30. The van der Waals surface area contributed by atoms with Gasteiger partial charge in [0, 0.05) is 19.5 Å². The second-order valence-electron chi connectivity index (χ2n) is 2.54. The van der Waals surface area contributed by atoms with Crippen LogP contribution in [0, 0.1) is 0 Å². The number of unbranched alkanes of at least 4 members (excludes halogenated alkanes) is 2. The SMILES string of the molecule is C=CCOS(=O)(=O)CCCCC.[Zn]. The fourth-order valence-corrected chi connectivity index (χ4v) is 1.72. The van der Waals surface area contributed by atoms with Crippen molar-refractivity contribution in [2.75, 3.05) is 12.4 Å². The molecule has 0 rings (SSSR count). The van der Waals surface area contributed by atoms with Crippen molar-refractivity contribution in [3.8, 4) is 0 Å². The van der Waals surface area contributed by atoms with Crippen LogP contribution in [0.1, 0.15) is 26.2 Å². The first-order valence-electron chi connectivity index (χ1n) is 4.10. The Hall–Kier alpha value is 0.273. The van der Waals surface area contributed by atoms with E-state index in [1.807, 2.05) is 6.92 Å². The predicted molar refractivity (Wildman–Crippen MR) is 49.5 cm³/mol. The molecule has 0 atom stereocenters. The van der Waals surface area contributed by atoms with E-state index in [1.54, 1.807) is 0 Å². The molecule has 0 bridgehead atoms. The van der Waals surface area contributed by atoms with Gasteiger partial charge in [-0.05, 0) is 6.42 Å². The molecular weight excluding hydrogens is 242 g/mol. The van der Waals surface area contributed by atoms with Gasteiger partial charge < -0.3 is 0 Å². The van der Waals surface area contributed by atoms with Gasteiger partial charge in [-0.15, -0.1) is 6.58 Å². The Kier molecular flexibility index (Phi) is 10.7. The van der Waals surface area contributed by atoms with Gasteiger partial charge in [-0.1, -0.05) is 25.8 Å². The van der Waals surface area contributed by atoms with Crippen LogP contribution < -0.4 is 0 Å². The molecule has 74 valence electrons. The molecule has 0 aromatic carbocycles. The topological polar surface area (TPSA) is 43.4 Å². The van der Waals surface area contributed by atoms with Gasteiger partial charge in [0.25, 0.3) is 10.1 Å². The summed E-state index contributed by atoms with van der Waals surface area (Å²) in [4.78, 5) is 0. The zero-order valence-electron chi connectivity index (χ0n) is 8.16. The molecule has 0 amide bonds. The van der Waals surface area contributed by atoms with Crippen LogP contribution in [0.25, 0.3) is 0 Å². The van der Waals surface area contributed by atoms with Gasteiger partial charge in [0.2, 0.25) is 0 Å². The number of hydrogen-bond donors (Lipinski definition) is 0. The maximum Gasteiger partial charge on any atom is 0.267 e. The molecule has 0 radical (unpaired) electrons. The molecule has 3 nitrogen and oxygen atoms in total. The van der Waals surface area contributed by atoms with Gasteiger partial charge in [0.15, 0.2) is 0 Å². The molecule has 0 saturated carbocycles. The standard InChI is InChI=1S/C8H16O3S.Zn/c1-3-5-6-8-12(9,10)11-7-4-2;/h4H,2-3,5-8H2,1H3;. The summed E-state index contributed by atoms with van der Waals surface area (Å²) in [5.41, 5.74) is 0. The van der Waals surface area contributed by atoms with Gasteiger partial charge in [0.1, 0.15) is 0 Å². The minimum atomic E-state index is -3.29. The molecule has 0 spiro atoms. The van der Waals surface area contributed by atoms with Gasteiger partial charge >= 0.3 is 0 Å². The van der Waals surface area contributed by atoms with Gasteiger partial charge in [0.05, 0.1) is 12.4 Å². The zero-order valence-corrected chi connectivity index (χ0v) is 11.9. The third-order valence-electron chi connectivity index (χ3n) is 1.36. The fourth-order valence-electron chi connectivity index (χ4n) is 0.740. The monoisotopic (exact) mass is 256 g/mol. The summed E-state index contributed by atoms with van der Waals surface area (Å²) in [6.07, 6.45) is 4.04. The third-order valence-corrected chi connectivity index (χ3v) is 2.65. The van der Waals surface area contributed by atoms with Crippen LogP contribution in [0.5, 0.6) is 0 Å². The molecule has 0 saturated heterocycles. The van der Waals surface area contributed by atoms with Crippen LogP contribution in [-0.4, -0.2) is 20.8 Å². The van der Waals surface area contributed by atoms with Crippen molar-refractivity contribution < 1.29 is 32.1 Å². The average molecular weight is 258 g/mol. The molecule has 5 heteroatoms. The zero-order chi connectivity index (χ0) is 9.45.